The number of hydrogen-bond donors (Lipinski definition) is 0. The summed E-state index contributed by atoms with van der Waals surface area (Å²) in [5.41, 5.74) is 1.51. The van der Waals surface area contributed by atoms with Gasteiger partial charge < -0.3 is 9.64 Å². The van der Waals surface area contributed by atoms with Gasteiger partial charge in [0.15, 0.2) is 0 Å². The number of hydrogen-bond acceptors (Lipinski definition) is 3. The minimum atomic E-state index is -0.279. The Morgan fingerprint density at radius 3 is 2.74 bits per heavy atom. The lowest BCUT2D eigenvalue weighted by atomic mass is 10.0. The van der Waals surface area contributed by atoms with E-state index < -0.39 is 0 Å². The van der Waals surface area contributed by atoms with Crippen LogP contribution >= 0.6 is 0 Å². The minimum absolute atomic E-state index is 0.0363. The Balaban J connectivity index is 1.61. The average molecular weight is 422 g/mol. The molecule has 2 aliphatic heterocycles. The number of urea groups is 1. The van der Waals surface area contributed by atoms with Crippen LogP contribution in [0.25, 0.3) is 0 Å². The number of allylic oxidation sites excluding steroid dienone is 3. The van der Waals surface area contributed by atoms with E-state index in [0.717, 1.165) is 42.7 Å². The number of aliphatic imine (C=N–C) groups is 1. The van der Waals surface area contributed by atoms with Crippen molar-refractivity contribution in [1.82, 2.24) is 9.80 Å². The van der Waals surface area contributed by atoms with E-state index in [2.05, 4.69) is 24.8 Å². The largest absolute Gasteiger partial charge is 0.383 e. The van der Waals surface area contributed by atoms with Gasteiger partial charge >= 0.3 is 6.03 Å². The third-order valence-corrected chi connectivity index (χ3v) is 6.17. The smallest absolute Gasteiger partial charge is 0.326 e. The molecule has 1 saturated heterocycles. The van der Waals surface area contributed by atoms with E-state index in [9.17, 15) is 9.18 Å². The normalized spacial score (nSPS) is 25.4. The number of amides is 2. The van der Waals surface area contributed by atoms with Crippen molar-refractivity contribution >= 4 is 11.9 Å². The maximum absolute atomic E-state index is 13.3. The van der Waals surface area contributed by atoms with Crippen LogP contribution in [0.1, 0.15) is 38.2 Å². The molecule has 2 amide bonds. The lowest BCUT2D eigenvalue weighted by Gasteiger charge is -2.27. The van der Waals surface area contributed by atoms with E-state index in [1.807, 2.05) is 15.9 Å². The first kappa shape index (κ1) is 21.3. The van der Waals surface area contributed by atoms with Crippen LogP contribution in [0.3, 0.4) is 0 Å². The molecule has 3 aliphatic rings. The summed E-state index contributed by atoms with van der Waals surface area (Å²) < 4.78 is 18.3. The number of carbonyl (C=O) groups is 1. The van der Waals surface area contributed by atoms with Crippen molar-refractivity contribution in [3.63, 3.8) is 0 Å². The summed E-state index contributed by atoms with van der Waals surface area (Å²) >= 11 is 0. The fraction of sp³-hybridized carbons (Fsp3) is 0.440. The zero-order chi connectivity index (χ0) is 21.8. The predicted octanol–water partition coefficient (Wildman–Crippen LogP) is 4.36. The number of benzene rings is 1. The maximum Gasteiger partial charge on any atom is 0.326 e. The fourth-order valence-corrected chi connectivity index (χ4v) is 4.59. The van der Waals surface area contributed by atoms with Gasteiger partial charge in [0, 0.05) is 36.9 Å². The molecule has 0 bridgehead atoms. The highest BCUT2D eigenvalue weighted by atomic mass is 19.1. The number of carbonyl (C=O) groups excluding carboxylic acids is 1. The molecule has 3 unspecified atom stereocenters. The Morgan fingerprint density at radius 1 is 1.19 bits per heavy atom. The topological polar surface area (TPSA) is 45.1 Å². The van der Waals surface area contributed by atoms with Crippen LogP contribution in [0.2, 0.25) is 0 Å². The van der Waals surface area contributed by atoms with Gasteiger partial charge in [0.25, 0.3) is 0 Å². The average Bonchev–Trinajstić information content (AvgIpc) is 3.31. The van der Waals surface area contributed by atoms with Crippen LogP contribution in [0.4, 0.5) is 9.18 Å². The molecule has 1 aromatic rings. The molecule has 1 saturated carbocycles. The first-order valence-electron chi connectivity index (χ1n) is 10.9. The SMILES string of the molecule is COCCN1C(=O)N(C2=NC=C(C#Cc3ccc(F)cc3)C=CCC2C)C2CCCC21. The molecule has 1 aliphatic carbocycles. The molecule has 2 heterocycles. The monoisotopic (exact) mass is 421 g/mol. The number of amidine groups is 1. The molecule has 4 rings (SSSR count). The number of fused-ring (bicyclic) bond motifs is 1. The zero-order valence-corrected chi connectivity index (χ0v) is 18.1. The molecule has 5 nitrogen and oxygen atoms in total. The number of rotatable bonds is 3. The van der Waals surface area contributed by atoms with Gasteiger partial charge in [0.05, 0.1) is 18.7 Å². The Bertz CT molecular complexity index is 971. The Hall–Kier alpha value is -2.91. The van der Waals surface area contributed by atoms with Crippen molar-refractivity contribution in [2.24, 2.45) is 10.9 Å². The van der Waals surface area contributed by atoms with Crippen LogP contribution < -0.4 is 0 Å². The summed E-state index contributed by atoms with van der Waals surface area (Å²) in [7, 11) is 1.66. The molecular formula is C25H28FN3O2. The fourth-order valence-electron chi connectivity index (χ4n) is 4.59. The second-order valence-electron chi connectivity index (χ2n) is 8.27. The van der Waals surface area contributed by atoms with E-state index >= 15 is 0 Å². The van der Waals surface area contributed by atoms with E-state index in [4.69, 9.17) is 9.73 Å². The van der Waals surface area contributed by atoms with Crippen LogP contribution in [0.15, 0.2) is 53.2 Å². The van der Waals surface area contributed by atoms with Crippen molar-refractivity contribution < 1.29 is 13.9 Å². The van der Waals surface area contributed by atoms with E-state index in [-0.39, 0.29) is 29.8 Å². The number of methoxy groups -OCH3 is 1. The van der Waals surface area contributed by atoms with Gasteiger partial charge in [0.2, 0.25) is 0 Å². The summed E-state index contributed by atoms with van der Waals surface area (Å²) in [6, 6.07) is 6.56. The molecule has 3 atom stereocenters. The molecular weight excluding hydrogens is 393 g/mol. The van der Waals surface area contributed by atoms with E-state index in [1.54, 1.807) is 25.4 Å². The zero-order valence-electron chi connectivity index (χ0n) is 18.1. The molecule has 0 radical (unpaired) electrons. The Morgan fingerprint density at radius 2 is 1.97 bits per heavy atom. The molecule has 2 fully saturated rings. The summed E-state index contributed by atoms with van der Waals surface area (Å²) in [6.07, 6.45) is 9.72. The molecule has 162 valence electrons. The van der Waals surface area contributed by atoms with Gasteiger partial charge in [-0.3, -0.25) is 4.90 Å². The van der Waals surface area contributed by atoms with Crippen molar-refractivity contribution in [2.45, 2.75) is 44.7 Å². The first-order chi connectivity index (χ1) is 15.1. The quantitative estimate of drug-likeness (QED) is 0.681. The molecule has 31 heavy (non-hydrogen) atoms. The second kappa shape index (κ2) is 9.49. The summed E-state index contributed by atoms with van der Waals surface area (Å²) in [5.74, 6) is 6.83. The molecule has 0 N–H and O–H groups in total. The first-order valence-corrected chi connectivity index (χ1v) is 10.9. The second-order valence-corrected chi connectivity index (χ2v) is 8.27. The number of halogens is 1. The third-order valence-electron chi connectivity index (χ3n) is 6.17. The molecule has 1 aromatic carbocycles. The highest BCUT2D eigenvalue weighted by Crippen LogP contribution is 2.37. The molecule has 6 heteroatoms. The van der Waals surface area contributed by atoms with Crippen LogP contribution in [0.5, 0.6) is 0 Å². The number of nitrogens with zero attached hydrogens (tertiary/aromatic N) is 3. The Labute approximate surface area is 183 Å². The van der Waals surface area contributed by atoms with Gasteiger partial charge in [0.1, 0.15) is 11.7 Å². The summed E-state index contributed by atoms with van der Waals surface area (Å²) in [4.78, 5) is 22.0. The highest BCUT2D eigenvalue weighted by molar-refractivity contribution is 6.01. The van der Waals surface area contributed by atoms with Crippen LogP contribution in [-0.2, 0) is 4.74 Å². The lowest BCUT2D eigenvalue weighted by Crippen LogP contribution is -2.43. The molecule has 0 aromatic heterocycles. The highest BCUT2D eigenvalue weighted by Gasteiger charge is 2.50. The predicted molar refractivity (Wildman–Crippen MR) is 119 cm³/mol. The molecule has 0 spiro atoms. The van der Waals surface area contributed by atoms with E-state index in [1.165, 1.54) is 12.1 Å². The lowest BCUT2D eigenvalue weighted by molar-refractivity contribution is 0.144. The van der Waals surface area contributed by atoms with Gasteiger partial charge in [-0.2, -0.15) is 0 Å². The van der Waals surface area contributed by atoms with Gasteiger partial charge in [-0.05, 0) is 56.0 Å². The van der Waals surface area contributed by atoms with Gasteiger partial charge in [-0.1, -0.05) is 24.8 Å². The van der Waals surface area contributed by atoms with Gasteiger partial charge in [-0.15, -0.1) is 0 Å². The maximum atomic E-state index is 13.3. The van der Waals surface area contributed by atoms with Crippen molar-refractivity contribution in [3.05, 3.63) is 59.6 Å². The third kappa shape index (κ3) is 4.57. The van der Waals surface area contributed by atoms with Crippen LogP contribution in [-0.4, -0.2) is 54.0 Å². The van der Waals surface area contributed by atoms with Crippen molar-refractivity contribution in [3.8, 4) is 11.8 Å². The summed E-state index contributed by atoms with van der Waals surface area (Å²) in [6.45, 7) is 3.26. The standard InChI is InChI=1S/C25H28FN3O2/c1-18-5-3-6-20(10-9-19-11-13-21(26)14-12-19)17-27-24(18)29-23-8-4-7-22(23)28(25(29)30)15-16-31-2/h3,6,11-14,17-18,22-23H,4-5,7-8,15-16H2,1-2H3. The van der Waals surface area contributed by atoms with Crippen LogP contribution in [0, 0.1) is 23.6 Å². The van der Waals surface area contributed by atoms with Crippen molar-refractivity contribution in [2.75, 3.05) is 20.3 Å². The Kier molecular flexibility index (Phi) is 6.53. The minimum Gasteiger partial charge on any atom is -0.383 e. The van der Waals surface area contributed by atoms with E-state index in [0.29, 0.717) is 13.2 Å². The van der Waals surface area contributed by atoms with Gasteiger partial charge in [-0.25, -0.2) is 14.2 Å². The summed E-state index contributed by atoms with van der Waals surface area (Å²) in [5, 5.41) is 0. The van der Waals surface area contributed by atoms with Crippen molar-refractivity contribution in [1.29, 1.82) is 0 Å². The number of ether oxygens (including phenoxy) is 1.